The van der Waals surface area contributed by atoms with E-state index in [0.717, 1.165) is 24.0 Å². The van der Waals surface area contributed by atoms with Gasteiger partial charge in [0.15, 0.2) is 5.78 Å². The highest BCUT2D eigenvalue weighted by Crippen LogP contribution is 2.35. The molecule has 19 heteroatoms. The Hall–Kier alpha value is -3.62. The first-order valence-corrected chi connectivity index (χ1v) is 31.6. The van der Waals surface area contributed by atoms with Gasteiger partial charge in [0.05, 0.1) is 68.6 Å². The van der Waals surface area contributed by atoms with Gasteiger partial charge in [-0.3, -0.25) is 33.6 Å². The van der Waals surface area contributed by atoms with Gasteiger partial charge in [-0.25, -0.2) is 0 Å². The molecular weight excluding hydrogens is 1040 g/mol. The summed E-state index contributed by atoms with van der Waals surface area (Å²) in [5.41, 5.74) is 1.81. The summed E-state index contributed by atoms with van der Waals surface area (Å²) in [6.45, 7) is 21.1. The van der Waals surface area contributed by atoms with Gasteiger partial charge in [0.25, 0.3) is 0 Å². The molecule has 0 unspecified atom stereocenters. The summed E-state index contributed by atoms with van der Waals surface area (Å²) < 4.78 is 12.3. The lowest BCUT2D eigenvalue weighted by Gasteiger charge is -2.42. The molecule has 3 rings (SSSR count). The molecule has 6 amide bonds. The molecule has 0 saturated carbocycles. The maximum atomic E-state index is 14.8. The third-order valence-electron chi connectivity index (χ3n) is 15.9. The lowest BCUT2D eigenvalue weighted by atomic mass is 9.83. The number of aliphatic hydroxyl groups is 1. The van der Waals surface area contributed by atoms with Crippen LogP contribution in [0.4, 0.5) is 0 Å². The van der Waals surface area contributed by atoms with Crippen molar-refractivity contribution in [3.05, 3.63) is 48.0 Å². The smallest absolute Gasteiger partial charge is 0.232 e. The Labute approximate surface area is 475 Å². The van der Waals surface area contributed by atoms with E-state index >= 15 is 0 Å². The first-order valence-electron chi connectivity index (χ1n) is 27.7. The standard InChI is InChI=1S/C58H96N6O10S3/c1-16-40(6)55(48(73-12)33-52(69)64-27-20-23-46(64)57(74-13)43(9)41(7)31-42(8)56(71)44-21-18-17-19-22-44)60(11)58(72)45(38(2)3)32-47(65)54(39(4)5)59(10)53(70)34-77-30-26-51(68)63-36-61(49(66)24-28-75-14)35-62(37-63)50(67)25-29-76-15/h17-19,21-22,38-40,42-43,45-46,48,54-57,71H,7,16,20,23-37H2,1-6,8-15H3/t40-,42-,43-,45-,46-,48+,54-,55-,56+,57+/m0/s1. The Kier molecular flexibility index (Phi) is 29.7. The van der Waals surface area contributed by atoms with Gasteiger partial charge >= 0.3 is 0 Å². The van der Waals surface area contributed by atoms with Gasteiger partial charge in [-0.05, 0) is 61.0 Å². The van der Waals surface area contributed by atoms with Gasteiger partial charge in [0, 0.05) is 89.6 Å². The molecule has 436 valence electrons. The van der Waals surface area contributed by atoms with E-state index in [1.165, 1.54) is 21.6 Å². The Morgan fingerprint density at radius 2 is 1.27 bits per heavy atom. The van der Waals surface area contributed by atoms with Crippen molar-refractivity contribution in [2.45, 2.75) is 150 Å². The molecule has 1 N–H and O–H groups in total. The first kappa shape index (κ1) is 67.7. The second kappa shape index (κ2) is 33.8. The summed E-state index contributed by atoms with van der Waals surface area (Å²) in [5, 5.41) is 11.1. The number of rotatable bonds is 33. The highest BCUT2D eigenvalue weighted by molar-refractivity contribution is 8.00. The SMILES string of the molecule is C=C(C[C@H](C)[C@@H](O)c1ccccc1)[C@H](C)[C@@H](OC)[C@@H]1CCCN1C(=O)C[C@@H](OC)[C@H]([C@@H](C)CC)N(C)C(=O)[C@@H](CC(=O)[C@H](C(C)C)N(C)C(=O)CSCCC(=O)N1CN(C(=O)CCSC)CN(C(=O)CCSC)C1)C(C)C. The summed E-state index contributed by atoms with van der Waals surface area (Å²) in [5.74, 6) is -1.08. The van der Waals surface area contributed by atoms with Crippen LogP contribution in [-0.4, -0.2) is 196 Å². The van der Waals surface area contributed by atoms with Crippen molar-refractivity contribution in [3.8, 4) is 0 Å². The molecule has 0 spiro atoms. The van der Waals surface area contributed by atoms with Crippen LogP contribution < -0.4 is 0 Å². The number of ketones is 1. The molecule has 1 aromatic rings. The van der Waals surface area contributed by atoms with E-state index < -0.39 is 30.2 Å². The predicted octanol–water partition coefficient (Wildman–Crippen LogP) is 7.94. The van der Waals surface area contributed by atoms with Gasteiger partial charge in [-0.15, -0.1) is 0 Å². The zero-order valence-electron chi connectivity index (χ0n) is 49.1. The van der Waals surface area contributed by atoms with Gasteiger partial charge in [-0.2, -0.15) is 35.3 Å². The number of hydrogen-bond acceptors (Lipinski definition) is 13. The van der Waals surface area contributed by atoms with Crippen molar-refractivity contribution in [1.29, 1.82) is 0 Å². The normalized spacial score (nSPS) is 18.5. The van der Waals surface area contributed by atoms with E-state index in [0.29, 0.717) is 49.5 Å². The first-order chi connectivity index (χ1) is 36.5. The average molecular weight is 1130 g/mol. The van der Waals surface area contributed by atoms with Gasteiger partial charge in [0.1, 0.15) is 0 Å². The molecule has 0 radical (unpaired) electrons. The number of aliphatic hydroxyl groups excluding tert-OH is 1. The number of Topliss-reactive ketones (excluding diaryl/α,β-unsaturated/α-hetero) is 1. The minimum atomic E-state index is -0.801. The fraction of sp³-hybridized carbons (Fsp3) is 0.741. The number of carbonyl (C=O) groups is 7. The van der Waals surface area contributed by atoms with Gasteiger partial charge in [-0.1, -0.05) is 104 Å². The highest BCUT2D eigenvalue weighted by atomic mass is 32.2. The van der Waals surface area contributed by atoms with E-state index in [4.69, 9.17) is 9.47 Å². The number of benzene rings is 1. The molecule has 2 aliphatic rings. The Morgan fingerprint density at radius 3 is 1.75 bits per heavy atom. The van der Waals surface area contributed by atoms with Crippen molar-refractivity contribution in [2.24, 2.45) is 35.5 Å². The van der Waals surface area contributed by atoms with Crippen LogP contribution in [0, 0.1) is 35.5 Å². The number of hydrogen-bond donors (Lipinski definition) is 1. The summed E-state index contributed by atoms with van der Waals surface area (Å²) in [4.78, 5) is 107. The molecule has 1 aromatic carbocycles. The molecule has 0 aromatic heterocycles. The van der Waals surface area contributed by atoms with Crippen LogP contribution in [0.15, 0.2) is 42.5 Å². The lowest BCUT2D eigenvalue weighted by Crippen LogP contribution is -2.59. The molecule has 77 heavy (non-hydrogen) atoms. The number of thioether (sulfide) groups is 3. The van der Waals surface area contributed by atoms with Crippen molar-refractivity contribution >= 4 is 76.5 Å². The van der Waals surface area contributed by atoms with Crippen molar-refractivity contribution in [2.75, 3.05) is 90.4 Å². The van der Waals surface area contributed by atoms with Crippen LogP contribution in [0.1, 0.15) is 125 Å². The summed E-state index contributed by atoms with van der Waals surface area (Å²) in [6, 6.07) is 8.13. The third kappa shape index (κ3) is 19.6. The number of likely N-dealkylation sites (N-methyl/N-ethyl adjacent to an activating group) is 2. The maximum absolute atomic E-state index is 14.8. The topological polar surface area (TPSA) is 178 Å². The fourth-order valence-corrected chi connectivity index (χ4v) is 12.6. The van der Waals surface area contributed by atoms with E-state index in [1.807, 2.05) is 89.3 Å². The Balaban J connectivity index is 1.68. The summed E-state index contributed by atoms with van der Waals surface area (Å²) in [6.07, 6.45) is 5.79. The van der Waals surface area contributed by atoms with E-state index in [2.05, 4.69) is 20.4 Å². The number of nitrogens with zero attached hydrogens (tertiary/aromatic N) is 6. The van der Waals surface area contributed by atoms with Crippen LogP contribution in [0.25, 0.3) is 0 Å². The fourth-order valence-electron chi connectivity index (χ4n) is 11.0. The average Bonchev–Trinajstić information content (AvgIpc) is 3.90. The Morgan fingerprint density at radius 1 is 0.727 bits per heavy atom. The lowest BCUT2D eigenvalue weighted by molar-refractivity contribution is -0.158. The number of carbonyl (C=O) groups excluding carboxylic acids is 7. The molecule has 2 fully saturated rings. The summed E-state index contributed by atoms with van der Waals surface area (Å²) in [7, 11) is 6.61. The second-order valence-corrected chi connectivity index (χ2v) is 25.1. The van der Waals surface area contributed by atoms with Crippen LogP contribution in [0.5, 0.6) is 0 Å². The predicted molar refractivity (Wildman–Crippen MR) is 313 cm³/mol. The van der Waals surface area contributed by atoms with Crippen LogP contribution >= 0.6 is 35.3 Å². The van der Waals surface area contributed by atoms with Gasteiger partial charge in [0.2, 0.25) is 35.4 Å². The van der Waals surface area contributed by atoms with Crippen LogP contribution in [-0.2, 0) is 43.0 Å². The molecule has 2 aliphatic heterocycles. The van der Waals surface area contributed by atoms with Crippen LogP contribution in [0.2, 0.25) is 0 Å². The number of amides is 6. The highest BCUT2D eigenvalue weighted by Gasteiger charge is 2.43. The largest absolute Gasteiger partial charge is 0.388 e. The van der Waals surface area contributed by atoms with Crippen molar-refractivity contribution in [1.82, 2.24) is 29.4 Å². The Bertz CT molecular complexity index is 2040. The molecule has 10 atom stereocenters. The third-order valence-corrected chi connectivity index (χ3v) is 18.0. The molecule has 0 aliphatic carbocycles. The number of likely N-dealkylation sites (tertiary alicyclic amines) is 1. The maximum Gasteiger partial charge on any atom is 0.232 e. The second-order valence-electron chi connectivity index (χ2n) is 22.0. The zero-order valence-corrected chi connectivity index (χ0v) is 51.5. The van der Waals surface area contributed by atoms with Crippen molar-refractivity contribution < 1.29 is 48.1 Å². The summed E-state index contributed by atoms with van der Waals surface area (Å²) >= 11 is 4.40. The molecule has 2 heterocycles. The minimum absolute atomic E-state index is 0.0277. The monoisotopic (exact) mass is 1130 g/mol. The van der Waals surface area contributed by atoms with Crippen LogP contribution in [0.3, 0.4) is 0 Å². The molecular formula is C58H96N6O10S3. The van der Waals surface area contributed by atoms with E-state index in [-0.39, 0.29) is 128 Å². The van der Waals surface area contributed by atoms with E-state index in [1.54, 1.807) is 66.5 Å². The number of methoxy groups -OCH3 is 2. The van der Waals surface area contributed by atoms with Gasteiger partial charge < -0.3 is 44.0 Å². The molecule has 16 nitrogen and oxygen atoms in total. The molecule has 0 bridgehead atoms. The quantitative estimate of drug-likeness (QED) is 0.0531. The minimum Gasteiger partial charge on any atom is -0.388 e. The number of ether oxygens (including phenoxy) is 2. The van der Waals surface area contributed by atoms with E-state index in [9.17, 15) is 38.7 Å². The zero-order chi connectivity index (χ0) is 57.7. The van der Waals surface area contributed by atoms with Crippen molar-refractivity contribution in [3.63, 3.8) is 0 Å². The molecule has 2 saturated heterocycles.